The minimum absolute atomic E-state index is 0.100. The van der Waals surface area contributed by atoms with Crippen molar-refractivity contribution in [3.05, 3.63) is 93.5 Å². The van der Waals surface area contributed by atoms with Crippen LogP contribution in [0.4, 0.5) is 5.69 Å². The lowest BCUT2D eigenvalue weighted by Gasteiger charge is -2.63. The van der Waals surface area contributed by atoms with Gasteiger partial charge in [0.2, 0.25) is 11.8 Å². The molecule has 2 saturated heterocycles. The maximum atomic E-state index is 13.5. The monoisotopic (exact) mass is 803 g/mol. The topological polar surface area (TPSA) is 149 Å². The number of hydrogen-bond donors (Lipinski definition) is 2. The fourth-order valence-corrected chi connectivity index (χ4v) is 11.0. The SMILES string of the molecule is CC1(C)C(NC(=O)c2ccc(C3CCC(N4CCN(c5ccc6c(c5)C(=O)C(C5CCC(=O)NC5=O)C6=O)CC4)CC3)cc2)C(C)(C)C1Oc1ccc(C#N)c(Cl)c1. The van der Waals surface area contributed by atoms with E-state index in [1.54, 1.807) is 24.3 Å². The third kappa shape index (κ3) is 7.08. The normalized spacial score (nSPS) is 27.9. The van der Waals surface area contributed by atoms with E-state index in [2.05, 4.69) is 66.3 Å². The van der Waals surface area contributed by atoms with Gasteiger partial charge in [0.15, 0.2) is 11.6 Å². The van der Waals surface area contributed by atoms with Crippen LogP contribution in [0.25, 0.3) is 0 Å². The lowest BCUT2D eigenvalue weighted by Crippen LogP contribution is -2.74. The van der Waals surface area contributed by atoms with E-state index in [4.69, 9.17) is 16.3 Å². The van der Waals surface area contributed by atoms with Crippen molar-refractivity contribution < 1.29 is 28.7 Å². The van der Waals surface area contributed by atoms with Crippen molar-refractivity contribution in [2.45, 2.75) is 90.3 Å². The first kappa shape index (κ1) is 39.8. The number of halogens is 1. The Morgan fingerprint density at radius 3 is 2.16 bits per heavy atom. The van der Waals surface area contributed by atoms with Gasteiger partial charge in [-0.05, 0) is 86.1 Å². The van der Waals surface area contributed by atoms with Crippen LogP contribution >= 0.6 is 11.6 Å². The molecule has 8 rings (SSSR count). The maximum absolute atomic E-state index is 13.5. The average Bonchev–Trinajstić information content (AvgIpc) is 3.46. The number of amides is 3. The smallest absolute Gasteiger partial charge is 0.251 e. The van der Waals surface area contributed by atoms with E-state index in [0.717, 1.165) is 57.5 Å². The van der Waals surface area contributed by atoms with E-state index in [1.807, 2.05) is 24.3 Å². The molecule has 2 saturated carbocycles. The number of hydrogen-bond acceptors (Lipinski definition) is 9. The molecular weight excluding hydrogens is 754 g/mol. The Morgan fingerprint density at radius 1 is 0.845 bits per heavy atom. The summed E-state index contributed by atoms with van der Waals surface area (Å²) in [6.45, 7) is 11.8. The summed E-state index contributed by atoms with van der Waals surface area (Å²) in [7, 11) is 0. The van der Waals surface area contributed by atoms with Crippen molar-refractivity contribution >= 4 is 46.6 Å². The molecule has 302 valence electrons. The third-order valence-electron chi connectivity index (χ3n) is 13.7. The lowest BCUT2D eigenvalue weighted by molar-refractivity contribution is -0.164. The van der Waals surface area contributed by atoms with Crippen molar-refractivity contribution in [1.82, 2.24) is 15.5 Å². The molecule has 0 bridgehead atoms. The summed E-state index contributed by atoms with van der Waals surface area (Å²) in [5.74, 6) is -2.46. The molecule has 2 heterocycles. The van der Waals surface area contributed by atoms with Gasteiger partial charge in [-0.1, -0.05) is 51.4 Å². The molecule has 2 atom stereocenters. The molecule has 11 nitrogen and oxygen atoms in total. The second kappa shape index (κ2) is 15.3. The number of rotatable bonds is 8. The summed E-state index contributed by atoms with van der Waals surface area (Å²) < 4.78 is 6.39. The summed E-state index contributed by atoms with van der Waals surface area (Å²) in [6.07, 6.45) is 4.54. The van der Waals surface area contributed by atoms with Gasteiger partial charge in [-0.2, -0.15) is 5.26 Å². The zero-order valence-corrected chi connectivity index (χ0v) is 34.2. The van der Waals surface area contributed by atoms with E-state index >= 15 is 0 Å². The van der Waals surface area contributed by atoms with Crippen molar-refractivity contribution in [3.63, 3.8) is 0 Å². The van der Waals surface area contributed by atoms with E-state index < -0.39 is 17.7 Å². The molecule has 0 aromatic heterocycles. The van der Waals surface area contributed by atoms with Crippen LogP contribution in [0.2, 0.25) is 5.02 Å². The second-order valence-electron chi connectivity index (χ2n) is 17.9. The third-order valence-corrected chi connectivity index (χ3v) is 14.1. The van der Waals surface area contributed by atoms with Gasteiger partial charge in [-0.15, -0.1) is 0 Å². The van der Waals surface area contributed by atoms with Crippen molar-refractivity contribution in [1.29, 1.82) is 5.26 Å². The number of carbonyl (C=O) groups excluding carboxylic acids is 5. The highest BCUT2D eigenvalue weighted by Crippen LogP contribution is 2.55. The molecule has 2 aliphatic heterocycles. The number of piperazine rings is 1. The van der Waals surface area contributed by atoms with Crippen LogP contribution in [0.3, 0.4) is 0 Å². The zero-order chi connectivity index (χ0) is 41.1. The van der Waals surface area contributed by atoms with Crippen LogP contribution in [0.15, 0.2) is 60.7 Å². The van der Waals surface area contributed by atoms with Crippen LogP contribution in [0, 0.1) is 34.0 Å². The first-order valence-corrected chi connectivity index (χ1v) is 20.9. The molecule has 58 heavy (non-hydrogen) atoms. The molecule has 3 aromatic carbocycles. The van der Waals surface area contributed by atoms with Crippen LogP contribution in [0.1, 0.15) is 114 Å². The Labute approximate surface area is 344 Å². The van der Waals surface area contributed by atoms with Crippen LogP contribution in [-0.4, -0.2) is 78.6 Å². The van der Waals surface area contributed by atoms with Gasteiger partial charge in [-0.25, -0.2) is 0 Å². The highest BCUT2D eigenvalue weighted by atomic mass is 35.5. The molecule has 12 heteroatoms. The van der Waals surface area contributed by atoms with Gasteiger partial charge in [-0.3, -0.25) is 34.2 Å². The summed E-state index contributed by atoms with van der Waals surface area (Å²) in [6, 6.07) is 21.1. The quantitative estimate of drug-likeness (QED) is 0.187. The lowest BCUT2D eigenvalue weighted by atomic mass is 9.49. The van der Waals surface area contributed by atoms with Crippen LogP contribution in [-0.2, 0) is 9.59 Å². The number of benzene rings is 3. The zero-order valence-electron chi connectivity index (χ0n) is 33.5. The second-order valence-corrected chi connectivity index (χ2v) is 18.4. The first-order chi connectivity index (χ1) is 27.7. The Balaban J connectivity index is 0.811. The summed E-state index contributed by atoms with van der Waals surface area (Å²) in [5, 5.41) is 15.2. The number of Topliss-reactive ketones (excluding diaryl/α,β-unsaturated/α-hetero) is 2. The van der Waals surface area contributed by atoms with Crippen molar-refractivity contribution in [2.24, 2.45) is 22.7 Å². The first-order valence-electron chi connectivity index (χ1n) is 20.5. The summed E-state index contributed by atoms with van der Waals surface area (Å²) >= 11 is 6.26. The van der Waals surface area contributed by atoms with Gasteiger partial charge >= 0.3 is 0 Å². The number of nitriles is 1. The molecule has 2 N–H and O–H groups in total. The molecule has 3 amide bonds. The number of fused-ring (bicyclic) bond motifs is 1. The van der Waals surface area contributed by atoms with Gasteiger partial charge in [0, 0.05) is 84.0 Å². The summed E-state index contributed by atoms with van der Waals surface area (Å²) in [4.78, 5) is 69.2. The Kier molecular flexibility index (Phi) is 10.5. The number of anilines is 1. The van der Waals surface area contributed by atoms with Gasteiger partial charge in [0.05, 0.1) is 22.4 Å². The highest BCUT2D eigenvalue weighted by molar-refractivity contribution is 6.32. The van der Waals surface area contributed by atoms with Gasteiger partial charge < -0.3 is 15.0 Å². The molecule has 3 aliphatic carbocycles. The Hall–Kier alpha value is -5.05. The predicted octanol–water partition coefficient (Wildman–Crippen LogP) is 6.72. The Morgan fingerprint density at radius 2 is 1.52 bits per heavy atom. The number of ketones is 2. The fraction of sp³-hybridized carbons (Fsp3) is 0.478. The van der Waals surface area contributed by atoms with Crippen molar-refractivity contribution in [2.75, 3.05) is 31.1 Å². The van der Waals surface area contributed by atoms with Crippen LogP contribution in [0.5, 0.6) is 5.75 Å². The number of piperidine rings is 1. The molecular formula is C46H50ClN5O6. The van der Waals surface area contributed by atoms with E-state index in [0.29, 0.717) is 45.0 Å². The molecule has 5 aliphatic rings. The number of imide groups is 1. The number of nitrogens with one attached hydrogen (secondary N) is 2. The summed E-state index contributed by atoms with van der Waals surface area (Å²) in [5.41, 5.74) is 3.27. The predicted molar refractivity (Wildman–Crippen MR) is 219 cm³/mol. The van der Waals surface area contributed by atoms with Crippen LogP contribution < -0.4 is 20.3 Å². The Bertz CT molecular complexity index is 2200. The number of carbonyl (C=O) groups is 5. The van der Waals surface area contributed by atoms with E-state index in [-0.39, 0.29) is 59.2 Å². The van der Waals surface area contributed by atoms with Gasteiger partial charge in [0.1, 0.15) is 17.9 Å². The maximum Gasteiger partial charge on any atom is 0.251 e. The molecule has 4 fully saturated rings. The molecule has 2 unspecified atom stereocenters. The molecule has 0 radical (unpaired) electrons. The van der Waals surface area contributed by atoms with Crippen molar-refractivity contribution in [3.8, 4) is 11.8 Å². The van der Waals surface area contributed by atoms with E-state index in [1.165, 1.54) is 5.56 Å². The van der Waals surface area contributed by atoms with Gasteiger partial charge in [0.25, 0.3) is 5.91 Å². The average molecular weight is 804 g/mol. The van der Waals surface area contributed by atoms with E-state index in [9.17, 15) is 29.2 Å². The minimum Gasteiger partial charge on any atom is -0.489 e. The highest BCUT2D eigenvalue weighted by Gasteiger charge is 2.64. The largest absolute Gasteiger partial charge is 0.489 e. The molecule has 3 aromatic rings. The number of ether oxygens (including phenoxy) is 1. The number of nitrogens with zero attached hydrogens (tertiary/aromatic N) is 3. The fourth-order valence-electron chi connectivity index (χ4n) is 10.8. The standard InChI is InChI=1S/C46H50ClN5O6/c1-45(2)43(46(3,4)44(45)58-32-15-11-29(25-48)36(47)24-32)50-41(56)28-7-5-26(6-8-28)27-9-12-30(13-10-27)51-19-21-52(22-20-51)31-14-16-33-35(23-31)40(55)38(39(33)54)34-17-18-37(53)49-42(34)57/h5-8,11,14-16,23-24,27,30,34,38,43-44H,9-10,12-13,17-22H2,1-4H3,(H,50,56)(H,49,53,57). The minimum atomic E-state index is -1.06. The molecule has 0 spiro atoms.